The third kappa shape index (κ3) is 4.55. The first-order valence-electron chi connectivity index (χ1n) is 5.72. The van der Waals surface area contributed by atoms with Crippen LogP contribution in [0.1, 0.15) is 43.3 Å². The summed E-state index contributed by atoms with van der Waals surface area (Å²) < 4.78 is 5.20. The Morgan fingerprint density at radius 3 is 2.69 bits per heavy atom. The van der Waals surface area contributed by atoms with Crippen LogP contribution in [-0.4, -0.2) is 29.9 Å². The molecule has 0 saturated carbocycles. The van der Waals surface area contributed by atoms with Crippen LogP contribution in [0.3, 0.4) is 0 Å². The molecule has 16 heavy (non-hydrogen) atoms. The molecule has 0 amide bonds. The molecule has 1 aromatic rings. The van der Waals surface area contributed by atoms with Gasteiger partial charge in [0.15, 0.2) is 0 Å². The molecule has 1 aromatic heterocycles. The van der Waals surface area contributed by atoms with Gasteiger partial charge in [-0.3, -0.25) is 0 Å². The normalized spacial score (nSPS) is 13.3. The Labute approximate surface area is 101 Å². The molecule has 4 nitrogen and oxygen atoms in total. The van der Waals surface area contributed by atoms with Crippen molar-refractivity contribution in [2.75, 3.05) is 13.7 Å². The van der Waals surface area contributed by atoms with Gasteiger partial charge in [0.25, 0.3) is 0 Å². The summed E-state index contributed by atoms with van der Waals surface area (Å²) >= 11 is 1.65. The van der Waals surface area contributed by atoms with Crippen molar-refractivity contribution in [3.05, 3.63) is 10.0 Å². The number of aryl methyl sites for hydroxylation is 1. The maximum atomic E-state index is 5.20. The molecular weight excluding hydrogens is 222 g/mol. The van der Waals surface area contributed by atoms with Crippen LogP contribution in [0.25, 0.3) is 0 Å². The van der Waals surface area contributed by atoms with Crippen LogP contribution in [0.2, 0.25) is 0 Å². The van der Waals surface area contributed by atoms with Crippen molar-refractivity contribution in [1.29, 1.82) is 0 Å². The highest BCUT2D eigenvalue weighted by atomic mass is 32.1. The fourth-order valence-corrected chi connectivity index (χ4v) is 2.18. The number of aromatic nitrogens is 2. The Kier molecular flexibility index (Phi) is 5.87. The first-order valence-corrected chi connectivity index (χ1v) is 6.53. The second-order valence-electron chi connectivity index (χ2n) is 4.12. The summed E-state index contributed by atoms with van der Waals surface area (Å²) in [6, 6.07) is 0.554. The Morgan fingerprint density at radius 2 is 2.06 bits per heavy atom. The minimum Gasteiger partial charge on any atom is -0.374 e. The van der Waals surface area contributed by atoms with Crippen molar-refractivity contribution in [1.82, 2.24) is 15.5 Å². The molecule has 1 unspecified atom stereocenters. The van der Waals surface area contributed by atoms with Crippen molar-refractivity contribution >= 4 is 11.3 Å². The van der Waals surface area contributed by atoms with Crippen LogP contribution in [0, 0.1) is 0 Å². The lowest BCUT2D eigenvalue weighted by Crippen LogP contribution is -2.23. The summed E-state index contributed by atoms with van der Waals surface area (Å²) in [5, 5.41) is 13.7. The molecule has 0 aliphatic heterocycles. The van der Waals surface area contributed by atoms with Gasteiger partial charge in [-0.1, -0.05) is 25.2 Å². The van der Waals surface area contributed by atoms with Gasteiger partial charge in [0.1, 0.15) is 16.1 Å². The highest BCUT2D eigenvalue weighted by Gasteiger charge is 2.10. The van der Waals surface area contributed by atoms with Gasteiger partial charge in [-0.25, -0.2) is 0 Å². The van der Waals surface area contributed by atoms with E-state index in [0.29, 0.717) is 6.04 Å². The summed E-state index contributed by atoms with van der Waals surface area (Å²) in [6.45, 7) is 7.34. The Balaban J connectivity index is 2.29. The second-order valence-corrected chi connectivity index (χ2v) is 5.22. The molecule has 5 heteroatoms. The van der Waals surface area contributed by atoms with Gasteiger partial charge in [0.05, 0.1) is 0 Å². The third-order valence-corrected chi connectivity index (χ3v) is 3.45. The monoisotopic (exact) mass is 243 g/mol. The van der Waals surface area contributed by atoms with Gasteiger partial charge < -0.3 is 10.1 Å². The smallest absolute Gasteiger partial charge is 0.146 e. The van der Waals surface area contributed by atoms with Gasteiger partial charge in [-0.2, -0.15) is 0 Å². The van der Waals surface area contributed by atoms with E-state index in [9.17, 15) is 0 Å². The maximum Gasteiger partial charge on any atom is 0.146 e. The van der Waals surface area contributed by atoms with Crippen molar-refractivity contribution in [3.8, 4) is 0 Å². The Bertz CT molecular complexity index is 301. The van der Waals surface area contributed by atoms with Crippen LogP contribution < -0.4 is 5.32 Å². The van der Waals surface area contributed by atoms with Crippen LogP contribution >= 0.6 is 11.3 Å². The molecule has 1 heterocycles. The zero-order valence-corrected chi connectivity index (χ0v) is 11.3. The zero-order valence-electron chi connectivity index (χ0n) is 10.5. The average Bonchev–Trinajstić information content (AvgIpc) is 2.71. The van der Waals surface area contributed by atoms with Gasteiger partial charge in [-0.05, 0) is 19.9 Å². The van der Waals surface area contributed by atoms with Gasteiger partial charge in [0, 0.05) is 19.6 Å². The van der Waals surface area contributed by atoms with Crippen molar-refractivity contribution in [2.45, 2.75) is 45.8 Å². The predicted molar refractivity (Wildman–Crippen MR) is 66.8 cm³/mol. The van der Waals surface area contributed by atoms with Crippen LogP contribution in [-0.2, 0) is 11.2 Å². The summed E-state index contributed by atoms with van der Waals surface area (Å²) in [5.41, 5.74) is 0. The molecule has 92 valence electrons. The molecule has 0 radical (unpaired) electrons. The Hall–Kier alpha value is -0.520. The van der Waals surface area contributed by atoms with E-state index in [1.165, 1.54) is 0 Å². The lowest BCUT2D eigenvalue weighted by molar-refractivity contribution is 0.118. The third-order valence-electron chi connectivity index (χ3n) is 2.30. The first kappa shape index (κ1) is 13.5. The van der Waals surface area contributed by atoms with Crippen molar-refractivity contribution < 1.29 is 4.74 Å². The average molecular weight is 243 g/mol. The Morgan fingerprint density at radius 1 is 1.31 bits per heavy atom. The molecule has 0 aliphatic rings. The molecule has 0 spiro atoms. The van der Waals surface area contributed by atoms with E-state index < -0.39 is 0 Å². The molecule has 0 fully saturated rings. The largest absolute Gasteiger partial charge is 0.374 e. The van der Waals surface area contributed by atoms with Crippen LogP contribution in [0.4, 0.5) is 0 Å². The van der Waals surface area contributed by atoms with E-state index in [1.807, 2.05) is 6.92 Å². The fourth-order valence-electron chi connectivity index (χ4n) is 1.26. The molecule has 0 bridgehead atoms. The number of nitrogens with zero attached hydrogens (tertiary/aromatic N) is 2. The fraction of sp³-hybridized carbons (Fsp3) is 0.818. The highest BCUT2D eigenvalue weighted by Crippen LogP contribution is 2.20. The van der Waals surface area contributed by atoms with Crippen LogP contribution in [0.15, 0.2) is 0 Å². The number of hydrogen-bond acceptors (Lipinski definition) is 5. The number of nitrogens with one attached hydrogen (secondary N) is 1. The lowest BCUT2D eigenvalue weighted by Gasteiger charge is -2.06. The van der Waals surface area contributed by atoms with E-state index in [0.717, 1.165) is 29.4 Å². The minimum atomic E-state index is 0.0556. The number of methoxy groups -OCH3 is 1. The quantitative estimate of drug-likeness (QED) is 0.746. The van der Waals surface area contributed by atoms with E-state index in [4.69, 9.17) is 4.74 Å². The summed E-state index contributed by atoms with van der Waals surface area (Å²) in [5.74, 6) is 0. The van der Waals surface area contributed by atoms with Gasteiger partial charge in [-0.15, -0.1) is 10.2 Å². The maximum absolute atomic E-state index is 5.20. The van der Waals surface area contributed by atoms with E-state index in [-0.39, 0.29) is 6.10 Å². The molecular formula is C11H21N3OS. The van der Waals surface area contributed by atoms with Crippen LogP contribution in [0.5, 0.6) is 0 Å². The molecule has 0 saturated heterocycles. The summed E-state index contributed by atoms with van der Waals surface area (Å²) in [6.07, 6.45) is 2.15. The molecule has 1 N–H and O–H groups in total. The molecule has 0 aliphatic carbocycles. The van der Waals surface area contributed by atoms with E-state index in [1.54, 1.807) is 18.4 Å². The minimum absolute atomic E-state index is 0.0556. The number of rotatable bonds is 7. The highest BCUT2D eigenvalue weighted by molar-refractivity contribution is 7.11. The van der Waals surface area contributed by atoms with E-state index >= 15 is 0 Å². The predicted octanol–water partition coefficient (Wildman–Crippen LogP) is 2.18. The first-order chi connectivity index (χ1) is 7.63. The zero-order chi connectivity index (χ0) is 12.0. The molecule has 1 rings (SSSR count). The van der Waals surface area contributed by atoms with Gasteiger partial charge in [0.2, 0.25) is 0 Å². The molecule has 1 atom stereocenters. The van der Waals surface area contributed by atoms with E-state index in [2.05, 4.69) is 29.4 Å². The molecule has 0 aromatic carbocycles. The SMILES string of the molecule is COC(C)c1nnc(CCCNC(C)C)s1. The standard InChI is InChI=1S/C11H21N3OS/c1-8(2)12-7-5-6-10-13-14-11(16-10)9(3)15-4/h8-9,12H,5-7H2,1-4H3. The van der Waals surface area contributed by atoms with Gasteiger partial charge >= 0.3 is 0 Å². The van der Waals surface area contributed by atoms with Crippen molar-refractivity contribution in [3.63, 3.8) is 0 Å². The second kappa shape index (κ2) is 6.93. The van der Waals surface area contributed by atoms with Crippen molar-refractivity contribution in [2.24, 2.45) is 0 Å². The topological polar surface area (TPSA) is 47.0 Å². The lowest BCUT2D eigenvalue weighted by atomic mass is 10.3. The summed E-state index contributed by atoms with van der Waals surface area (Å²) in [7, 11) is 1.69. The summed E-state index contributed by atoms with van der Waals surface area (Å²) in [4.78, 5) is 0. The number of hydrogen-bond donors (Lipinski definition) is 1. The number of ether oxygens (including phenoxy) is 1.